The van der Waals surface area contributed by atoms with Gasteiger partial charge in [-0.15, -0.1) is 0 Å². The smallest absolute Gasteiger partial charge is 0.244 e. The third-order valence-corrected chi connectivity index (χ3v) is 5.06. The van der Waals surface area contributed by atoms with Crippen molar-refractivity contribution in [2.45, 2.75) is 46.1 Å². The van der Waals surface area contributed by atoms with Crippen LogP contribution in [0.15, 0.2) is 59.7 Å². The van der Waals surface area contributed by atoms with Crippen molar-refractivity contribution in [2.24, 2.45) is 5.10 Å². The Labute approximate surface area is 168 Å². The van der Waals surface area contributed by atoms with Crippen LogP contribution in [0.3, 0.4) is 0 Å². The number of fused-ring (bicyclic) bond motifs is 1. The number of hydrogen-bond donors (Lipinski definition) is 1. The van der Waals surface area contributed by atoms with E-state index in [2.05, 4.69) is 67.4 Å². The fourth-order valence-corrected chi connectivity index (χ4v) is 3.81. The van der Waals surface area contributed by atoms with E-state index < -0.39 is 0 Å². The summed E-state index contributed by atoms with van der Waals surface area (Å²) < 4.78 is 0. The second kappa shape index (κ2) is 8.42. The summed E-state index contributed by atoms with van der Waals surface area (Å²) >= 11 is 0. The summed E-state index contributed by atoms with van der Waals surface area (Å²) in [4.78, 5) is 14.5. The van der Waals surface area contributed by atoms with Crippen LogP contribution in [0.25, 0.3) is 5.57 Å². The van der Waals surface area contributed by atoms with Gasteiger partial charge in [0.25, 0.3) is 0 Å². The Bertz CT molecular complexity index is 897. The highest BCUT2D eigenvalue weighted by atomic mass is 16.2. The minimum atomic E-state index is -0.118. The van der Waals surface area contributed by atoms with Gasteiger partial charge in [-0.2, -0.15) is 5.10 Å². The lowest BCUT2D eigenvalue weighted by molar-refractivity contribution is -0.120. The van der Waals surface area contributed by atoms with Gasteiger partial charge < -0.3 is 4.90 Å². The molecule has 1 aliphatic rings. The molecule has 0 atom stereocenters. The van der Waals surface area contributed by atoms with Crippen molar-refractivity contribution in [3.8, 4) is 0 Å². The lowest BCUT2D eigenvalue weighted by Crippen LogP contribution is -2.45. The van der Waals surface area contributed by atoms with Gasteiger partial charge in [0, 0.05) is 17.8 Å². The van der Waals surface area contributed by atoms with Crippen LogP contribution in [-0.4, -0.2) is 24.2 Å². The van der Waals surface area contributed by atoms with Gasteiger partial charge in [-0.25, -0.2) is 5.43 Å². The van der Waals surface area contributed by atoms with Crippen molar-refractivity contribution in [2.75, 3.05) is 11.4 Å². The molecule has 0 aliphatic carbocycles. The number of anilines is 1. The van der Waals surface area contributed by atoms with Crippen molar-refractivity contribution in [1.82, 2.24) is 5.43 Å². The molecule has 4 nitrogen and oxygen atoms in total. The van der Waals surface area contributed by atoms with Gasteiger partial charge >= 0.3 is 0 Å². The Morgan fingerprint density at radius 3 is 2.64 bits per heavy atom. The fourth-order valence-electron chi connectivity index (χ4n) is 3.81. The van der Waals surface area contributed by atoms with Gasteiger partial charge in [-0.3, -0.25) is 4.79 Å². The molecule has 0 bridgehead atoms. The summed E-state index contributed by atoms with van der Waals surface area (Å²) in [6, 6.07) is 16.0. The van der Waals surface area contributed by atoms with Gasteiger partial charge in [0.15, 0.2) is 0 Å². The third kappa shape index (κ3) is 4.50. The predicted molar refractivity (Wildman–Crippen MR) is 118 cm³/mol. The first-order valence-corrected chi connectivity index (χ1v) is 9.88. The van der Waals surface area contributed by atoms with Crippen LogP contribution in [0.4, 0.5) is 5.69 Å². The summed E-state index contributed by atoms with van der Waals surface area (Å²) in [5, 5.41) is 4.14. The highest BCUT2D eigenvalue weighted by molar-refractivity contribution is 5.88. The zero-order valence-electron chi connectivity index (χ0n) is 17.2. The van der Waals surface area contributed by atoms with Gasteiger partial charge in [0.2, 0.25) is 5.91 Å². The minimum absolute atomic E-state index is 0.00805. The third-order valence-electron chi connectivity index (χ3n) is 5.06. The summed E-state index contributed by atoms with van der Waals surface area (Å²) in [6.07, 6.45) is 5.46. The van der Waals surface area contributed by atoms with Crippen LogP contribution >= 0.6 is 0 Å². The maximum absolute atomic E-state index is 12.0. The minimum Gasteiger partial charge on any atom is -0.362 e. The Kier molecular flexibility index (Phi) is 5.98. The van der Waals surface area contributed by atoms with E-state index in [9.17, 15) is 4.79 Å². The van der Waals surface area contributed by atoms with E-state index in [0.29, 0.717) is 6.42 Å². The topological polar surface area (TPSA) is 44.7 Å². The van der Waals surface area contributed by atoms with Gasteiger partial charge in [-0.1, -0.05) is 49.4 Å². The molecule has 0 saturated carbocycles. The molecule has 4 heteroatoms. The Hall–Kier alpha value is -2.88. The second-order valence-electron chi connectivity index (χ2n) is 7.86. The van der Waals surface area contributed by atoms with E-state index in [1.54, 1.807) is 6.21 Å². The molecule has 1 amide bonds. The molecule has 3 rings (SSSR count). The number of rotatable bonds is 6. The van der Waals surface area contributed by atoms with E-state index in [-0.39, 0.29) is 11.4 Å². The van der Waals surface area contributed by atoms with Crippen LogP contribution in [0, 0.1) is 0 Å². The second-order valence-corrected chi connectivity index (χ2v) is 7.86. The summed E-state index contributed by atoms with van der Waals surface area (Å²) in [7, 11) is 0. The monoisotopic (exact) mass is 375 g/mol. The van der Waals surface area contributed by atoms with E-state index in [0.717, 1.165) is 24.1 Å². The molecular formula is C24H29N3O. The normalized spacial score (nSPS) is 15.3. The number of amides is 1. The predicted octanol–water partition coefficient (Wildman–Crippen LogP) is 4.79. The fraction of sp³-hybridized carbons (Fsp3) is 0.333. The number of benzene rings is 2. The summed E-state index contributed by atoms with van der Waals surface area (Å²) in [6.45, 7) is 9.90. The number of nitrogens with zero attached hydrogens (tertiary/aromatic N) is 2. The van der Waals surface area contributed by atoms with Crippen molar-refractivity contribution >= 4 is 23.4 Å². The zero-order valence-corrected chi connectivity index (χ0v) is 17.2. The highest BCUT2D eigenvalue weighted by Gasteiger charge is 2.30. The van der Waals surface area contributed by atoms with E-state index in [1.807, 2.05) is 30.3 Å². The largest absolute Gasteiger partial charge is 0.362 e. The highest BCUT2D eigenvalue weighted by Crippen LogP contribution is 2.39. The standard InChI is InChI=1S/C24H29N3O/c1-5-13-27-22-12-11-20(14-21(22)18(2)16-24(27,3)4)17-25-26-23(28)15-19-9-7-6-8-10-19/h6-12,14,16-17H,5,13,15H2,1-4H3,(H,26,28)/b25-17-. The molecule has 28 heavy (non-hydrogen) atoms. The number of hydrogen-bond acceptors (Lipinski definition) is 3. The van der Waals surface area contributed by atoms with E-state index in [1.165, 1.54) is 16.8 Å². The average molecular weight is 376 g/mol. The summed E-state index contributed by atoms with van der Waals surface area (Å²) in [5.41, 5.74) is 8.34. The van der Waals surface area contributed by atoms with Crippen molar-refractivity contribution in [1.29, 1.82) is 0 Å². The first kappa shape index (κ1) is 19.9. The first-order chi connectivity index (χ1) is 13.4. The molecule has 2 aromatic carbocycles. The molecular weight excluding hydrogens is 346 g/mol. The van der Waals surface area contributed by atoms with Crippen molar-refractivity contribution < 1.29 is 4.79 Å². The SMILES string of the molecule is CCCN1c2ccc(/C=N\NC(=O)Cc3ccccc3)cc2C(C)=CC1(C)C. The molecule has 2 aromatic rings. The Morgan fingerprint density at radius 1 is 1.18 bits per heavy atom. The number of nitrogens with one attached hydrogen (secondary N) is 1. The van der Waals surface area contributed by atoms with Gasteiger partial charge in [0.05, 0.1) is 18.2 Å². The number of hydrazone groups is 1. The summed E-state index contributed by atoms with van der Waals surface area (Å²) in [5.74, 6) is -0.118. The van der Waals surface area contributed by atoms with Crippen LogP contribution in [-0.2, 0) is 11.2 Å². The zero-order chi connectivity index (χ0) is 20.1. The molecule has 0 radical (unpaired) electrons. The molecule has 1 heterocycles. The maximum Gasteiger partial charge on any atom is 0.244 e. The Balaban J connectivity index is 1.72. The van der Waals surface area contributed by atoms with Crippen LogP contribution in [0.5, 0.6) is 0 Å². The number of allylic oxidation sites excluding steroid dienone is 1. The quantitative estimate of drug-likeness (QED) is 0.583. The molecule has 0 saturated heterocycles. The first-order valence-electron chi connectivity index (χ1n) is 9.88. The van der Waals surface area contributed by atoms with Crippen molar-refractivity contribution in [3.63, 3.8) is 0 Å². The number of carbonyl (C=O) groups excluding carboxylic acids is 1. The van der Waals surface area contributed by atoms with Crippen LogP contribution < -0.4 is 10.3 Å². The Morgan fingerprint density at radius 2 is 1.93 bits per heavy atom. The van der Waals surface area contributed by atoms with E-state index in [4.69, 9.17) is 0 Å². The molecule has 0 spiro atoms. The molecule has 1 aliphatic heterocycles. The maximum atomic E-state index is 12.0. The van der Waals surface area contributed by atoms with E-state index >= 15 is 0 Å². The molecule has 0 aromatic heterocycles. The van der Waals surface area contributed by atoms with Gasteiger partial charge in [0.1, 0.15) is 0 Å². The average Bonchev–Trinajstić information content (AvgIpc) is 2.66. The molecule has 1 N–H and O–H groups in total. The van der Waals surface area contributed by atoms with Crippen molar-refractivity contribution in [3.05, 3.63) is 71.3 Å². The molecule has 146 valence electrons. The molecule has 0 fully saturated rings. The van der Waals surface area contributed by atoms with Crippen LogP contribution in [0.2, 0.25) is 0 Å². The van der Waals surface area contributed by atoms with Crippen LogP contribution in [0.1, 0.15) is 50.8 Å². The lowest BCUT2D eigenvalue weighted by atomic mass is 9.88. The number of carbonyl (C=O) groups is 1. The lowest BCUT2D eigenvalue weighted by Gasteiger charge is -2.43. The van der Waals surface area contributed by atoms with Gasteiger partial charge in [-0.05, 0) is 56.0 Å². The molecule has 0 unspecified atom stereocenters.